The first-order valence-electron chi connectivity index (χ1n) is 13.4. The van der Waals surface area contributed by atoms with Gasteiger partial charge >= 0.3 is 0 Å². The average Bonchev–Trinajstić information content (AvgIpc) is 3.60. The molecule has 0 saturated heterocycles. The first kappa shape index (κ1) is 30.8. The minimum absolute atomic E-state index is 0.0109. The van der Waals surface area contributed by atoms with Crippen LogP contribution in [0.25, 0.3) is 16.6 Å². The van der Waals surface area contributed by atoms with Crippen LogP contribution in [-0.4, -0.2) is 71.2 Å². The molecule has 210 valence electrons. The molecule has 1 unspecified atom stereocenters. The van der Waals surface area contributed by atoms with E-state index < -0.39 is 17.5 Å². The van der Waals surface area contributed by atoms with Crippen LogP contribution < -0.4 is 16.6 Å². The molecule has 45 heavy (non-hydrogen) atoms. The number of benzene rings is 1. The SMILES string of the molecule is [B]/C(C#C)=C([B])/C([B])=C(/[B])Cn1c(C(C)NC(=O)c2c(N)nn3cccnc23)nc2cccc(C#Cc3ccnn3C)c2c1=O. The van der Waals surface area contributed by atoms with Crippen LogP contribution in [0.4, 0.5) is 5.82 Å². The van der Waals surface area contributed by atoms with Crippen molar-refractivity contribution in [3.63, 3.8) is 0 Å². The zero-order chi connectivity index (χ0) is 32.4. The van der Waals surface area contributed by atoms with Gasteiger partial charge < -0.3 is 11.1 Å². The Bertz CT molecular complexity index is 2230. The Kier molecular flexibility index (Phi) is 8.55. The number of nitrogens with zero attached hydrogens (tertiary/aromatic N) is 7. The predicted octanol–water partition coefficient (Wildman–Crippen LogP) is 0.376. The Morgan fingerprint density at radius 3 is 2.60 bits per heavy atom. The Morgan fingerprint density at radius 2 is 1.89 bits per heavy atom. The number of terminal acetylenes is 1. The van der Waals surface area contributed by atoms with E-state index in [2.05, 4.69) is 38.3 Å². The zero-order valence-corrected chi connectivity index (χ0v) is 24.3. The summed E-state index contributed by atoms with van der Waals surface area (Å²) in [6.45, 7) is 1.38. The molecule has 0 fully saturated rings. The lowest BCUT2D eigenvalue weighted by molar-refractivity contribution is 0.0939. The Morgan fingerprint density at radius 1 is 1.11 bits per heavy atom. The summed E-state index contributed by atoms with van der Waals surface area (Å²) in [7, 11) is 26.0. The molecule has 0 saturated carbocycles. The summed E-state index contributed by atoms with van der Waals surface area (Å²) in [5.41, 5.74) is 6.94. The molecule has 3 N–H and O–H groups in total. The summed E-state index contributed by atoms with van der Waals surface area (Å²) in [4.78, 5) is 36.7. The highest BCUT2D eigenvalue weighted by atomic mass is 16.2. The topological polar surface area (TPSA) is 138 Å². The molecule has 11 nitrogen and oxygen atoms in total. The fourth-order valence-electron chi connectivity index (χ4n) is 4.60. The van der Waals surface area contributed by atoms with E-state index in [1.165, 1.54) is 15.3 Å². The quantitative estimate of drug-likeness (QED) is 0.168. The van der Waals surface area contributed by atoms with E-state index in [0.717, 1.165) is 0 Å². The van der Waals surface area contributed by atoms with Gasteiger partial charge in [0.2, 0.25) is 0 Å². The molecule has 5 rings (SSSR count). The van der Waals surface area contributed by atoms with Crippen LogP contribution in [0.2, 0.25) is 0 Å². The summed E-state index contributed by atoms with van der Waals surface area (Å²) < 4.78 is 4.28. The third kappa shape index (κ3) is 5.93. The van der Waals surface area contributed by atoms with Gasteiger partial charge in [0.05, 0.1) is 23.1 Å². The molecule has 0 aliphatic heterocycles. The van der Waals surface area contributed by atoms with E-state index in [4.69, 9.17) is 48.5 Å². The first-order valence-corrected chi connectivity index (χ1v) is 13.4. The van der Waals surface area contributed by atoms with Crippen LogP contribution in [0.15, 0.2) is 75.6 Å². The van der Waals surface area contributed by atoms with Gasteiger partial charge in [0.15, 0.2) is 11.5 Å². The van der Waals surface area contributed by atoms with Crippen LogP contribution in [0.3, 0.4) is 0 Å². The molecule has 0 aliphatic rings. The third-order valence-corrected chi connectivity index (χ3v) is 6.95. The normalized spacial score (nSPS) is 12.9. The highest BCUT2D eigenvalue weighted by Crippen LogP contribution is 2.21. The molecule has 5 aromatic rings. The molecule has 0 spiro atoms. The van der Waals surface area contributed by atoms with Gasteiger partial charge in [-0.1, -0.05) is 23.4 Å². The number of carbonyl (C=O) groups excluding carboxylic acids is 1. The number of hydrogen-bond donors (Lipinski definition) is 2. The van der Waals surface area contributed by atoms with E-state index in [0.29, 0.717) is 16.8 Å². The number of aromatic nitrogens is 7. The standard InChI is InChI=1S/C30H21B4N9O2/c1-4-19(31)24(33)25(34)20(32)15-42-27(16(2)38-29(44)23-26(35)40-43-14-6-12-36-28(23)43)39-21-8-5-7-17(22(21)30(42)45)9-10-18-11-13-37-41(18)3/h1,5-8,11-14,16H,15H2,2-3H3,(H2,35,40)(H,38,44)/b24-19-,25-20-. The highest BCUT2D eigenvalue weighted by Gasteiger charge is 2.24. The number of fused-ring (bicyclic) bond motifs is 2. The van der Waals surface area contributed by atoms with Gasteiger partial charge in [-0.2, -0.15) is 5.10 Å². The Hall–Kier alpha value is -5.68. The maximum absolute atomic E-state index is 14.2. The minimum atomic E-state index is -0.852. The smallest absolute Gasteiger partial charge is 0.262 e. The summed E-state index contributed by atoms with van der Waals surface area (Å²) in [5, 5.41) is 11.3. The Balaban J connectivity index is 1.66. The van der Waals surface area contributed by atoms with Crippen molar-refractivity contribution in [1.29, 1.82) is 0 Å². The summed E-state index contributed by atoms with van der Waals surface area (Å²) >= 11 is 0. The molecular weight excluding hydrogens is 562 g/mol. The first-order chi connectivity index (χ1) is 21.5. The van der Waals surface area contributed by atoms with Crippen LogP contribution in [0.1, 0.15) is 40.4 Å². The minimum Gasteiger partial charge on any atom is -0.381 e. The number of anilines is 1. The van der Waals surface area contributed by atoms with Crippen LogP contribution in [0.5, 0.6) is 0 Å². The van der Waals surface area contributed by atoms with Crippen molar-refractivity contribution in [3.8, 4) is 24.2 Å². The maximum atomic E-state index is 14.2. The number of carbonyl (C=O) groups is 1. The van der Waals surface area contributed by atoms with Gasteiger partial charge in [-0.15, -0.1) is 27.9 Å². The molecule has 4 heterocycles. The molecule has 0 bridgehead atoms. The van der Waals surface area contributed by atoms with Crippen molar-refractivity contribution in [2.45, 2.75) is 19.5 Å². The van der Waals surface area contributed by atoms with Crippen molar-refractivity contribution in [2.24, 2.45) is 7.05 Å². The number of nitrogen functional groups attached to an aromatic ring is 1. The number of hydrogen-bond acceptors (Lipinski definition) is 7. The fourth-order valence-corrected chi connectivity index (χ4v) is 4.60. The molecule has 1 atom stereocenters. The van der Waals surface area contributed by atoms with Crippen molar-refractivity contribution in [1.82, 2.24) is 39.2 Å². The molecule has 15 heteroatoms. The molecule has 1 aromatic carbocycles. The lowest BCUT2D eigenvalue weighted by atomic mass is 9.66. The van der Waals surface area contributed by atoms with E-state index in [1.54, 1.807) is 61.4 Å². The third-order valence-electron chi connectivity index (χ3n) is 6.95. The second-order valence-electron chi connectivity index (χ2n) is 9.90. The second-order valence-corrected chi connectivity index (χ2v) is 9.90. The maximum Gasteiger partial charge on any atom is 0.262 e. The van der Waals surface area contributed by atoms with Crippen LogP contribution in [-0.2, 0) is 13.6 Å². The van der Waals surface area contributed by atoms with Gasteiger partial charge in [-0.25, -0.2) is 14.5 Å². The van der Waals surface area contributed by atoms with Gasteiger partial charge in [0.25, 0.3) is 11.5 Å². The van der Waals surface area contributed by atoms with Crippen LogP contribution in [0, 0.1) is 24.2 Å². The average molecular weight is 583 g/mol. The summed E-state index contributed by atoms with van der Waals surface area (Å²) in [5.74, 6) is 7.83. The molecule has 0 aliphatic carbocycles. The van der Waals surface area contributed by atoms with Gasteiger partial charge in [-0.3, -0.25) is 18.8 Å². The number of amides is 1. The molecule has 8 radical (unpaired) electrons. The van der Waals surface area contributed by atoms with Gasteiger partial charge in [0, 0.05) is 31.5 Å². The van der Waals surface area contributed by atoms with E-state index in [-0.39, 0.29) is 56.7 Å². The predicted molar refractivity (Wildman–Crippen MR) is 174 cm³/mol. The Labute approximate surface area is 263 Å². The van der Waals surface area contributed by atoms with Crippen molar-refractivity contribution in [2.75, 3.05) is 5.73 Å². The van der Waals surface area contributed by atoms with E-state index in [1.807, 2.05) is 0 Å². The molecule has 4 aromatic heterocycles. The monoisotopic (exact) mass is 583 g/mol. The highest BCUT2D eigenvalue weighted by molar-refractivity contribution is 6.44. The number of allylic oxidation sites excluding steroid dienone is 4. The molecule has 1 amide bonds. The fraction of sp³-hybridized carbons (Fsp3) is 0.133. The lowest BCUT2D eigenvalue weighted by Gasteiger charge is -2.21. The largest absolute Gasteiger partial charge is 0.381 e. The van der Waals surface area contributed by atoms with Crippen molar-refractivity contribution >= 4 is 59.7 Å². The lowest BCUT2D eigenvalue weighted by Crippen LogP contribution is -2.35. The number of rotatable bonds is 6. The summed E-state index contributed by atoms with van der Waals surface area (Å²) in [6, 6.07) is 7.65. The van der Waals surface area contributed by atoms with Gasteiger partial charge in [0.1, 0.15) is 48.5 Å². The summed E-state index contributed by atoms with van der Waals surface area (Å²) in [6.07, 6.45) is 10.1. The zero-order valence-electron chi connectivity index (χ0n) is 24.3. The van der Waals surface area contributed by atoms with Crippen molar-refractivity contribution < 1.29 is 4.79 Å². The van der Waals surface area contributed by atoms with Crippen LogP contribution >= 0.6 is 0 Å². The second kappa shape index (κ2) is 12.5. The van der Waals surface area contributed by atoms with Gasteiger partial charge in [-0.05, 0) is 37.1 Å². The van der Waals surface area contributed by atoms with E-state index >= 15 is 0 Å². The van der Waals surface area contributed by atoms with E-state index in [9.17, 15) is 9.59 Å². The van der Waals surface area contributed by atoms with Crippen molar-refractivity contribution in [3.05, 3.63) is 104 Å². The number of aryl methyl sites for hydroxylation is 1. The number of nitrogens with two attached hydrogens (primary N) is 1. The number of nitrogens with one attached hydrogen (secondary N) is 1. The molecular formula is C30H21B4N9O2.